The molecule has 1 aliphatic heterocycles. The van der Waals surface area contributed by atoms with Gasteiger partial charge < -0.3 is 4.90 Å². The number of amidine groups is 1. The second-order valence-corrected chi connectivity index (χ2v) is 10.4. The number of likely N-dealkylation sites (N-methyl/N-ethyl adjacent to an activating group) is 1. The van der Waals surface area contributed by atoms with Crippen LogP contribution in [0.1, 0.15) is 63.9 Å². The molecule has 2 aromatic rings. The maximum atomic E-state index is 6.66. The molecule has 0 fully saturated rings. The summed E-state index contributed by atoms with van der Waals surface area (Å²) in [5.74, 6) is 1.39. The molecule has 7 heteroatoms. The van der Waals surface area contributed by atoms with Crippen molar-refractivity contribution in [2.45, 2.75) is 58.9 Å². The van der Waals surface area contributed by atoms with Crippen LogP contribution in [0.4, 0.5) is 0 Å². The number of thiocarbonyl (C=S) groups is 1. The van der Waals surface area contributed by atoms with Gasteiger partial charge in [-0.25, -0.2) is 9.67 Å². The molecule has 0 bridgehead atoms. The number of aliphatic imine (C=N–C) groups is 1. The minimum Gasteiger partial charge on any atom is -0.346 e. The van der Waals surface area contributed by atoms with E-state index in [4.69, 9.17) is 45.5 Å². The maximum Gasteiger partial charge on any atom is 0.158 e. The van der Waals surface area contributed by atoms with Crippen LogP contribution in [0, 0.1) is 5.92 Å². The number of benzene rings is 1. The van der Waals surface area contributed by atoms with E-state index in [1.165, 1.54) is 12.8 Å². The van der Waals surface area contributed by atoms with Crippen LogP contribution < -0.4 is 0 Å². The highest BCUT2D eigenvalue weighted by molar-refractivity contribution is 7.80. The number of hydrogen-bond acceptors (Lipinski definition) is 3. The zero-order chi connectivity index (χ0) is 23.9. The van der Waals surface area contributed by atoms with E-state index in [0.29, 0.717) is 21.0 Å². The van der Waals surface area contributed by atoms with E-state index in [-0.39, 0.29) is 5.54 Å². The van der Waals surface area contributed by atoms with Crippen LogP contribution >= 0.6 is 35.4 Å². The summed E-state index contributed by atoms with van der Waals surface area (Å²) in [7, 11) is 2.03. The Hall–Kier alpha value is -1.95. The van der Waals surface area contributed by atoms with Crippen molar-refractivity contribution >= 4 is 51.8 Å². The molecular weight excluding hydrogens is 471 g/mol. The summed E-state index contributed by atoms with van der Waals surface area (Å²) >= 11 is 18.5. The number of nitrogens with zero attached hydrogens (tertiary/aromatic N) is 4. The standard InChI is InChI=1S/C26H30Cl2N4S/c1-6-8-16-9-11-17(12-10-16)23-19(7-2)22(24-29-25(33)26(3,4)31(24)5)30-32(23)21-14-13-18(27)15-20(21)28/h9,11-16H,6-8,10H2,1-5H3. The Labute approximate surface area is 212 Å². The number of hydrogen-bond donors (Lipinski definition) is 0. The lowest BCUT2D eigenvalue weighted by Crippen LogP contribution is -2.44. The lowest BCUT2D eigenvalue weighted by Gasteiger charge is -2.29. The van der Waals surface area contributed by atoms with Crippen LogP contribution in [0.3, 0.4) is 0 Å². The number of rotatable bonds is 6. The molecule has 174 valence electrons. The van der Waals surface area contributed by atoms with Crippen LogP contribution in [0.2, 0.25) is 10.0 Å². The molecule has 4 rings (SSSR count). The van der Waals surface area contributed by atoms with Crippen molar-refractivity contribution in [3.05, 3.63) is 63.4 Å². The summed E-state index contributed by atoms with van der Waals surface area (Å²) in [6, 6.07) is 5.53. The minimum absolute atomic E-state index is 0.338. The van der Waals surface area contributed by atoms with Gasteiger partial charge in [0.1, 0.15) is 10.7 Å². The average Bonchev–Trinajstić information content (AvgIpc) is 3.25. The molecule has 1 unspecified atom stereocenters. The molecule has 1 aromatic carbocycles. The first-order valence-corrected chi connectivity index (χ1v) is 12.7. The van der Waals surface area contributed by atoms with E-state index in [0.717, 1.165) is 46.9 Å². The third kappa shape index (κ3) is 4.31. The van der Waals surface area contributed by atoms with E-state index in [1.54, 1.807) is 6.07 Å². The Bertz CT molecular complexity index is 1190. The van der Waals surface area contributed by atoms with Crippen molar-refractivity contribution < 1.29 is 0 Å². The van der Waals surface area contributed by atoms with Crippen molar-refractivity contribution in [2.75, 3.05) is 7.05 Å². The fraction of sp³-hybridized carbons (Fsp3) is 0.423. The zero-order valence-corrected chi connectivity index (χ0v) is 22.2. The van der Waals surface area contributed by atoms with E-state index in [1.807, 2.05) is 23.9 Å². The second-order valence-electron chi connectivity index (χ2n) is 9.20. The van der Waals surface area contributed by atoms with E-state index >= 15 is 0 Å². The van der Waals surface area contributed by atoms with Gasteiger partial charge in [0.05, 0.1) is 21.9 Å². The smallest absolute Gasteiger partial charge is 0.158 e. The summed E-state index contributed by atoms with van der Waals surface area (Å²) in [5, 5.41) is 6.24. The maximum absolute atomic E-state index is 6.66. The fourth-order valence-corrected chi connectivity index (χ4v) is 5.15. The second kappa shape index (κ2) is 9.36. The summed E-state index contributed by atoms with van der Waals surface area (Å²) in [6.07, 6.45) is 11.1. The molecule has 1 aliphatic carbocycles. The summed E-state index contributed by atoms with van der Waals surface area (Å²) < 4.78 is 1.95. The normalized spacial score (nSPS) is 19.8. The molecule has 0 amide bonds. The molecular formula is C26H30Cl2N4S. The highest BCUT2D eigenvalue weighted by Gasteiger charge is 2.40. The van der Waals surface area contributed by atoms with Crippen LogP contribution in [-0.4, -0.2) is 38.1 Å². The third-order valence-electron chi connectivity index (χ3n) is 6.70. The van der Waals surface area contributed by atoms with Crippen LogP contribution in [0.5, 0.6) is 0 Å². The predicted octanol–water partition coefficient (Wildman–Crippen LogP) is 7.30. The minimum atomic E-state index is -0.338. The van der Waals surface area contributed by atoms with Gasteiger partial charge >= 0.3 is 0 Å². The molecule has 33 heavy (non-hydrogen) atoms. The molecule has 0 radical (unpaired) electrons. The van der Waals surface area contributed by atoms with Crippen LogP contribution in [0.25, 0.3) is 11.3 Å². The lowest BCUT2D eigenvalue weighted by atomic mass is 9.90. The van der Waals surface area contributed by atoms with Gasteiger partial charge in [0.2, 0.25) is 0 Å². The van der Waals surface area contributed by atoms with Gasteiger partial charge in [-0.3, -0.25) is 0 Å². The SMILES string of the molecule is CCCC1C=CC(c2c(CC)c(C3=NC(=S)C(C)(C)N3C)nn2-c2ccc(Cl)cc2Cl)=CC1. The van der Waals surface area contributed by atoms with Crippen molar-refractivity contribution in [3.63, 3.8) is 0 Å². The van der Waals surface area contributed by atoms with Gasteiger partial charge in [0.25, 0.3) is 0 Å². The highest BCUT2D eigenvalue weighted by atomic mass is 35.5. The molecule has 1 aromatic heterocycles. The Balaban J connectivity index is 1.92. The lowest BCUT2D eigenvalue weighted by molar-refractivity contribution is 0.363. The number of allylic oxidation sites excluding steroid dienone is 4. The van der Waals surface area contributed by atoms with Crippen molar-refractivity contribution in [1.29, 1.82) is 0 Å². The van der Waals surface area contributed by atoms with Crippen molar-refractivity contribution in [2.24, 2.45) is 10.9 Å². The first-order chi connectivity index (χ1) is 15.7. The molecule has 2 heterocycles. The average molecular weight is 502 g/mol. The fourth-order valence-electron chi connectivity index (χ4n) is 4.44. The Morgan fingerprint density at radius 3 is 2.52 bits per heavy atom. The summed E-state index contributed by atoms with van der Waals surface area (Å²) in [6.45, 7) is 8.57. The van der Waals surface area contributed by atoms with Gasteiger partial charge in [-0.1, -0.05) is 73.9 Å². The number of halogens is 2. The zero-order valence-electron chi connectivity index (χ0n) is 19.8. The third-order valence-corrected chi connectivity index (χ3v) is 7.82. The Kier molecular flexibility index (Phi) is 6.86. The van der Waals surface area contributed by atoms with Crippen LogP contribution in [0.15, 0.2) is 41.4 Å². The molecule has 2 aliphatic rings. The monoisotopic (exact) mass is 500 g/mol. The van der Waals surface area contributed by atoms with Gasteiger partial charge in [-0.05, 0) is 62.8 Å². The van der Waals surface area contributed by atoms with E-state index in [2.05, 4.69) is 50.8 Å². The first-order valence-electron chi connectivity index (χ1n) is 11.5. The summed E-state index contributed by atoms with van der Waals surface area (Å²) in [4.78, 5) is 7.56. The molecule has 0 spiro atoms. The molecule has 1 atom stereocenters. The van der Waals surface area contributed by atoms with E-state index in [9.17, 15) is 0 Å². The highest BCUT2D eigenvalue weighted by Crippen LogP contribution is 2.36. The topological polar surface area (TPSA) is 33.4 Å². The molecule has 0 saturated carbocycles. The van der Waals surface area contributed by atoms with Crippen molar-refractivity contribution in [3.8, 4) is 5.69 Å². The summed E-state index contributed by atoms with van der Waals surface area (Å²) in [5.41, 5.74) is 4.65. The van der Waals surface area contributed by atoms with E-state index < -0.39 is 0 Å². The molecule has 0 saturated heterocycles. The molecule has 0 N–H and O–H groups in total. The largest absolute Gasteiger partial charge is 0.346 e. The Morgan fingerprint density at radius 1 is 1.21 bits per heavy atom. The molecule has 4 nitrogen and oxygen atoms in total. The van der Waals surface area contributed by atoms with Gasteiger partial charge in [-0.15, -0.1) is 0 Å². The van der Waals surface area contributed by atoms with Crippen molar-refractivity contribution in [1.82, 2.24) is 14.7 Å². The Morgan fingerprint density at radius 2 is 1.97 bits per heavy atom. The quantitative estimate of drug-likeness (QED) is 0.390. The van der Waals surface area contributed by atoms with Gasteiger partial charge in [0.15, 0.2) is 5.84 Å². The van der Waals surface area contributed by atoms with Gasteiger partial charge in [-0.2, -0.15) is 5.10 Å². The number of aromatic nitrogens is 2. The van der Waals surface area contributed by atoms with Crippen LogP contribution in [-0.2, 0) is 6.42 Å². The first kappa shape index (κ1) is 24.2. The predicted molar refractivity (Wildman–Crippen MR) is 144 cm³/mol. The van der Waals surface area contributed by atoms with Gasteiger partial charge in [0, 0.05) is 17.6 Å².